The number of hydrogen-bond acceptors (Lipinski definition) is 5. The summed E-state index contributed by atoms with van der Waals surface area (Å²) in [5, 5.41) is 23.3. The van der Waals surface area contributed by atoms with Crippen LogP contribution < -0.4 is 4.74 Å². The molecule has 5 aliphatic rings. The molecule has 2 aliphatic heterocycles. The second-order valence-corrected chi connectivity index (χ2v) is 11.8. The first-order chi connectivity index (χ1) is 17.7. The van der Waals surface area contributed by atoms with Gasteiger partial charge in [0, 0.05) is 25.2 Å². The highest BCUT2D eigenvalue weighted by atomic mass is 19.2. The number of aromatic hydroxyl groups is 1. The average Bonchev–Trinajstić information content (AvgIpc) is 3.61. The molecule has 2 bridgehead atoms. The first kappa shape index (κ1) is 23.4. The number of nitrogens with zero attached hydrogens (tertiary/aromatic N) is 2. The molecular formula is C29H32F2N2O4. The molecule has 1 spiro atoms. The van der Waals surface area contributed by atoms with Gasteiger partial charge >= 0.3 is 0 Å². The topological polar surface area (TPSA) is 73.2 Å². The molecule has 2 saturated carbocycles. The molecule has 2 aromatic carbocycles. The SMILES string of the molecule is CN(C(=O)Cc1ccc(F)c(F)c1)[C@H]1CC[C@@]2(O)[C@H]3Cc4ccc(O)c5c4[C@@]2(CCN3CC2CC2)[C@H]1O5. The van der Waals surface area contributed by atoms with E-state index < -0.39 is 28.8 Å². The standard InChI is InChI=1S/C29H32F2N2O4/c1-32(24(35)13-17-4-6-19(30)20(31)12-17)21-8-9-29(36)23-14-18-5-7-22(34)26-25(18)28(29,27(21)37-26)10-11-33(23)15-16-2-3-16/h4-7,12,16,21,23,27,34,36H,2-3,8-11,13-15H2,1H3/t21-,23+,27-,28-,29+/m0/s1. The van der Waals surface area contributed by atoms with Crippen molar-refractivity contribution in [1.29, 1.82) is 0 Å². The van der Waals surface area contributed by atoms with Gasteiger partial charge in [0.15, 0.2) is 23.1 Å². The lowest BCUT2D eigenvalue weighted by atomic mass is 9.48. The van der Waals surface area contributed by atoms with E-state index in [4.69, 9.17) is 4.74 Å². The molecule has 196 valence electrons. The van der Waals surface area contributed by atoms with Gasteiger partial charge in [0.25, 0.3) is 0 Å². The highest BCUT2D eigenvalue weighted by molar-refractivity contribution is 5.79. The number of ether oxygens (including phenoxy) is 1. The van der Waals surface area contributed by atoms with Gasteiger partial charge in [-0.3, -0.25) is 9.69 Å². The number of amides is 1. The maximum Gasteiger partial charge on any atom is 0.227 e. The van der Waals surface area contributed by atoms with Gasteiger partial charge in [-0.2, -0.15) is 0 Å². The second-order valence-electron chi connectivity index (χ2n) is 11.8. The maximum atomic E-state index is 13.8. The first-order valence-corrected chi connectivity index (χ1v) is 13.4. The molecular weight excluding hydrogens is 478 g/mol. The lowest BCUT2D eigenvalue weighted by Gasteiger charge is -2.64. The number of halogens is 2. The summed E-state index contributed by atoms with van der Waals surface area (Å²) < 4.78 is 33.7. The zero-order chi connectivity index (χ0) is 25.7. The van der Waals surface area contributed by atoms with Crippen molar-refractivity contribution in [3.05, 3.63) is 58.7 Å². The number of rotatable bonds is 5. The van der Waals surface area contributed by atoms with Crippen LogP contribution in [-0.4, -0.2) is 69.8 Å². The zero-order valence-corrected chi connectivity index (χ0v) is 20.9. The minimum absolute atomic E-state index is 0.0277. The van der Waals surface area contributed by atoms with Gasteiger partial charge < -0.3 is 19.8 Å². The smallest absolute Gasteiger partial charge is 0.227 e. The van der Waals surface area contributed by atoms with Crippen LogP contribution in [0.1, 0.15) is 48.8 Å². The van der Waals surface area contributed by atoms with E-state index in [1.807, 2.05) is 6.07 Å². The lowest BCUT2D eigenvalue weighted by Crippen LogP contribution is -2.78. The van der Waals surface area contributed by atoms with E-state index in [2.05, 4.69) is 4.90 Å². The number of carbonyl (C=O) groups excluding carboxylic acids is 1. The number of phenols is 1. The number of benzene rings is 2. The van der Waals surface area contributed by atoms with E-state index in [1.165, 1.54) is 18.9 Å². The fourth-order valence-electron chi connectivity index (χ4n) is 7.99. The molecule has 8 heteroatoms. The normalized spacial score (nSPS) is 33.6. The summed E-state index contributed by atoms with van der Waals surface area (Å²) in [7, 11) is 1.73. The van der Waals surface area contributed by atoms with Gasteiger partial charge in [0.1, 0.15) is 6.10 Å². The molecule has 1 saturated heterocycles. The van der Waals surface area contributed by atoms with Crippen LogP contribution in [0.2, 0.25) is 0 Å². The molecule has 2 N–H and O–H groups in total. The maximum absolute atomic E-state index is 13.8. The Labute approximate surface area is 214 Å². The van der Waals surface area contributed by atoms with Gasteiger partial charge in [0.2, 0.25) is 5.91 Å². The number of phenolic OH excluding ortho intramolecular Hbond substituents is 1. The van der Waals surface area contributed by atoms with Crippen molar-refractivity contribution >= 4 is 5.91 Å². The monoisotopic (exact) mass is 510 g/mol. The number of likely N-dealkylation sites (N-methyl/N-ethyl adjacent to an activating group) is 1. The van der Waals surface area contributed by atoms with Crippen molar-refractivity contribution in [3.63, 3.8) is 0 Å². The minimum Gasteiger partial charge on any atom is -0.504 e. The molecule has 6 nitrogen and oxygen atoms in total. The predicted octanol–water partition coefficient (Wildman–Crippen LogP) is 3.30. The summed E-state index contributed by atoms with van der Waals surface area (Å²) in [4.78, 5) is 17.5. The van der Waals surface area contributed by atoms with Crippen molar-refractivity contribution in [1.82, 2.24) is 9.80 Å². The summed E-state index contributed by atoms with van der Waals surface area (Å²) in [6.07, 6.45) is 4.44. The molecule has 2 aromatic rings. The molecule has 0 unspecified atom stereocenters. The first-order valence-electron chi connectivity index (χ1n) is 13.4. The predicted molar refractivity (Wildman–Crippen MR) is 131 cm³/mol. The molecule has 5 atom stereocenters. The summed E-state index contributed by atoms with van der Waals surface area (Å²) in [6, 6.07) is 6.82. The number of piperidine rings is 1. The van der Waals surface area contributed by atoms with Crippen LogP contribution >= 0.6 is 0 Å². The largest absolute Gasteiger partial charge is 0.504 e. The van der Waals surface area contributed by atoms with Crippen LogP contribution in [0.15, 0.2) is 30.3 Å². The molecule has 1 amide bonds. The van der Waals surface area contributed by atoms with Gasteiger partial charge in [0.05, 0.1) is 23.5 Å². The van der Waals surface area contributed by atoms with E-state index in [9.17, 15) is 23.8 Å². The summed E-state index contributed by atoms with van der Waals surface area (Å²) in [5.41, 5.74) is 0.717. The van der Waals surface area contributed by atoms with Crippen LogP contribution in [0.4, 0.5) is 8.78 Å². The minimum atomic E-state index is -1.02. The molecule has 7 rings (SSSR count). The van der Waals surface area contributed by atoms with Crippen molar-refractivity contribution in [2.24, 2.45) is 5.92 Å². The fourth-order valence-corrected chi connectivity index (χ4v) is 7.99. The number of likely N-dealkylation sites (tertiary alicyclic amines) is 1. The molecule has 37 heavy (non-hydrogen) atoms. The van der Waals surface area contributed by atoms with E-state index in [-0.39, 0.29) is 30.2 Å². The van der Waals surface area contributed by atoms with Gasteiger partial charge in [-0.05, 0) is 80.3 Å². The van der Waals surface area contributed by atoms with Crippen LogP contribution in [0.25, 0.3) is 0 Å². The van der Waals surface area contributed by atoms with Gasteiger partial charge in [-0.25, -0.2) is 8.78 Å². The Bertz CT molecular complexity index is 1300. The second kappa shape index (κ2) is 7.90. The molecule has 3 fully saturated rings. The quantitative estimate of drug-likeness (QED) is 0.646. The van der Waals surface area contributed by atoms with Crippen LogP contribution in [0.5, 0.6) is 11.5 Å². The van der Waals surface area contributed by atoms with Crippen molar-refractivity contribution in [3.8, 4) is 11.5 Å². The Kier molecular flexibility index (Phi) is 5.00. The molecule has 0 radical (unpaired) electrons. The van der Waals surface area contributed by atoms with Crippen molar-refractivity contribution < 1.29 is 28.5 Å². The average molecular weight is 511 g/mol. The number of carbonyl (C=O) groups is 1. The van der Waals surface area contributed by atoms with Crippen molar-refractivity contribution in [2.45, 2.75) is 74.1 Å². The van der Waals surface area contributed by atoms with Crippen LogP contribution in [0.3, 0.4) is 0 Å². The fraction of sp³-hybridized carbons (Fsp3) is 0.552. The van der Waals surface area contributed by atoms with E-state index in [1.54, 1.807) is 18.0 Å². The van der Waals surface area contributed by atoms with E-state index in [0.29, 0.717) is 36.5 Å². The van der Waals surface area contributed by atoms with Crippen LogP contribution in [0, 0.1) is 17.6 Å². The molecule has 2 heterocycles. The lowest BCUT2D eigenvalue weighted by molar-refractivity contribution is -0.200. The summed E-state index contributed by atoms with van der Waals surface area (Å²) in [5.74, 6) is -0.912. The number of aliphatic hydroxyl groups is 1. The Morgan fingerprint density at radius 1 is 1.16 bits per heavy atom. The van der Waals surface area contributed by atoms with E-state index >= 15 is 0 Å². The third-order valence-corrected chi connectivity index (χ3v) is 9.96. The molecule has 0 aromatic heterocycles. The zero-order valence-electron chi connectivity index (χ0n) is 20.9. The molecule has 3 aliphatic carbocycles. The Morgan fingerprint density at radius 2 is 1.97 bits per heavy atom. The summed E-state index contributed by atoms with van der Waals surface area (Å²) in [6.45, 7) is 1.85. The third-order valence-electron chi connectivity index (χ3n) is 9.96. The van der Waals surface area contributed by atoms with Crippen molar-refractivity contribution in [2.75, 3.05) is 20.1 Å². The summed E-state index contributed by atoms with van der Waals surface area (Å²) >= 11 is 0. The van der Waals surface area contributed by atoms with Crippen LogP contribution in [-0.2, 0) is 23.1 Å². The highest BCUT2D eigenvalue weighted by Crippen LogP contribution is 2.66. The Balaban J connectivity index is 1.25. The van der Waals surface area contributed by atoms with E-state index in [0.717, 1.165) is 42.8 Å². The third kappa shape index (κ3) is 3.18. The Morgan fingerprint density at radius 3 is 2.73 bits per heavy atom. The van der Waals surface area contributed by atoms with Gasteiger partial charge in [-0.1, -0.05) is 12.1 Å². The number of hydrogen-bond donors (Lipinski definition) is 2. The Hall–Kier alpha value is -2.71. The highest BCUT2D eigenvalue weighted by Gasteiger charge is 2.73. The van der Waals surface area contributed by atoms with Gasteiger partial charge in [-0.15, -0.1) is 0 Å².